The van der Waals surface area contributed by atoms with Gasteiger partial charge in [-0.1, -0.05) is 18.2 Å². The Kier molecular flexibility index (Phi) is 6.02. The molecule has 1 aromatic carbocycles. The molecule has 1 aromatic rings. The Balaban J connectivity index is 2.32. The molecule has 0 saturated heterocycles. The maximum absolute atomic E-state index is 4.81. The van der Waals surface area contributed by atoms with Gasteiger partial charge in [0.1, 0.15) is 0 Å². The van der Waals surface area contributed by atoms with E-state index in [4.69, 9.17) is 4.84 Å². The molecule has 1 atom stereocenters. The summed E-state index contributed by atoms with van der Waals surface area (Å²) in [6, 6.07) is 8.22. The fourth-order valence-corrected chi connectivity index (χ4v) is 1.97. The minimum atomic E-state index is 0.741. The van der Waals surface area contributed by atoms with Crippen molar-refractivity contribution in [3.8, 4) is 0 Å². The van der Waals surface area contributed by atoms with E-state index >= 15 is 0 Å². The van der Waals surface area contributed by atoms with Gasteiger partial charge in [-0.2, -0.15) is 0 Å². The van der Waals surface area contributed by atoms with E-state index in [1.807, 2.05) is 18.2 Å². The third-order valence-electron chi connectivity index (χ3n) is 1.84. The summed E-state index contributed by atoms with van der Waals surface area (Å²) in [5, 5.41) is 3.29. The minimum Gasteiger partial charge on any atom is -0.294 e. The van der Waals surface area contributed by atoms with Gasteiger partial charge in [-0.05, 0) is 26.4 Å². The Morgan fingerprint density at radius 3 is 2.73 bits per heavy atom. The summed E-state index contributed by atoms with van der Waals surface area (Å²) in [5.41, 5.74) is 5.09. The standard InChI is InChI=1S/C11H17N2OP/c1-3-8-12-15-9-10-4-6-11(7-5-10)13-14-2/h3-7,12-13,15H,1,8-9H2,2H3. The summed E-state index contributed by atoms with van der Waals surface area (Å²) in [6.45, 7) is 4.53. The van der Waals surface area contributed by atoms with Crippen LogP contribution >= 0.6 is 8.73 Å². The first-order chi connectivity index (χ1) is 7.36. The average Bonchev–Trinajstić information content (AvgIpc) is 2.27. The van der Waals surface area contributed by atoms with Crippen LogP contribution in [0.5, 0.6) is 0 Å². The van der Waals surface area contributed by atoms with Crippen molar-refractivity contribution in [2.75, 3.05) is 19.1 Å². The van der Waals surface area contributed by atoms with E-state index in [2.05, 4.69) is 29.3 Å². The zero-order valence-corrected chi connectivity index (χ0v) is 9.92. The maximum Gasteiger partial charge on any atom is 0.0636 e. The quantitative estimate of drug-likeness (QED) is 0.323. The van der Waals surface area contributed by atoms with Crippen LogP contribution in [0.2, 0.25) is 0 Å². The highest BCUT2D eigenvalue weighted by Crippen LogP contribution is 2.16. The van der Waals surface area contributed by atoms with E-state index in [1.54, 1.807) is 7.11 Å². The number of nitrogens with one attached hydrogen (secondary N) is 2. The molecule has 4 heteroatoms. The normalized spacial score (nSPS) is 10.7. The molecule has 0 bridgehead atoms. The van der Waals surface area contributed by atoms with Gasteiger partial charge < -0.3 is 0 Å². The van der Waals surface area contributed by atoms with Crippen LogP contribution in [0.1, 0.15) is 5.56 Å². The number of hydrogen-bond acceptors (Lipinski definition) is 3. The molecule has 0 saturated carbocycles. The molecule has 0 aliphatic heterocycles. The monoisotopic (exact) mass is 224 g/mol. The molecule has 0 aliphatic carbocycles. The average molecular weight is 224 g/mol. The summed E-state index contributed by atoms with van der Waals surface area (Å²) in [7, 11) is 2.35. The summed E-state index contributed by atoms with van der Waals surface area (Å²) in [6.07, 6.45) is 2.93. The Bertz CT molecular complexity index is 287. The first kappa shape index (κ1) is 12.2. The van der Waals surface area contributed by atoms with Gasteiger partial charge in [0.25, 0.3) is 0 Å². The molecule has 0 heterocycles. The van der Waals surface area contributed by atoms with Crippen LogP contribution in [0.25, 0.3) is 0 Å². The predicted octanol–water partition coefficient (Wildman–Crippen LogP) is 2.53. The molecule has 1 rings (SSSR count). The molecular weight excluding hydrogens is 207 g/mol. The van der Waals surface area contributed by atoms with Gasteiger partial charge in [0.15, 0.2) is 0 Å². The van der Waals surface area contributed by atoms with E-state index < -0.39 is 0 Å². The van der Waals surface area contributed by atoms with Crippen LogP contribution in [-0.2, 0) is 11.0 Å². The number of hydrogen-bond donors (Lipinski definition) is 2. The van der Waals surface area contributed by atoms with E-state index in [1.165, 1.54) is 5.56 Å². The molecule has 0 fully saturated rings. The highest BCUT2D eigenvalue weighted by atomic mass is 31.1. The van der Waals surface area contributed by atoms with Crippen molar-refractivity contribution in [2.45, 2.75) is 6.16 Å². The van der Waals surface area contributed by atoms with Gasteiger partial charge >= 0.3 is 0 Å². The van der Waals surface area contributed by atoms with Gasteiger partial charge in [0.2, 0.25) is 0 Å². The number of rotatable bonds is 7. The molecule has 0 radical (unpaired) electrons. The van der Waals surface area contributed by atoms with Crippen LogP contribution in [-0.4, -0.2) is 13.7 Å². The lowest BCUT2D eigenvalue weighted by molar-refractivity contribution is 0.271. The third-order valence-corrected chi connectivity index (χ3v) is 2.88. The highest BCUT2D eigenvalue weighted by molar-refractivity contribution is 7.34. The molecule has 2 N–H and O–H groups in total. The molecule has 0 amide bonds. The van der Waals surface area contributed by atoms with Crippen molar-refractivity contribution < 1.29 is 4.84 Å². The van der Waals surface area contributed by atoms with Crippen LogP contribution in [0.3, 0.4) is 0 Å². The van der Waals surface area contributed by atoms with Gasteiger partial charge in [-0.15, -0.1) is 6.58 Å². The largest absolute Gasteiger partial charge is 0.294 e. The number of benzene rings is 1. The Labute approximate surface area is 92.7 Å². The minimum absolute atomic E-state index is 0.741. The maximum atomic E-state index is 4.81. The smallest absolute Gasteiger partial charge is 0.0636 e. The van der Waals surface area contributed by atoms with Gasteiger partial charge in [-0.25, -0.2) is 0 Å². The second kappa shape index (κ2) is 7.41. The molecule has 82 valence electrons. The zero-order chi connectivity index (χ0) is 10.9. The molecule has 1 unspecified atom stereocenters. The zero-order valence-electron chi connectivity index (χ0n) is 8.92. The second-order valence-corrected chi connectivity index (χ2v) is 4.09. The SMILES string of the molecule is C=CCNPCc1ccc(NOC)cc1. The lowest BCUT2D eigenvalue weighted by Crippen LogP contribution is -2.00. The van der Waals surface area contributed by atoms with Crippen LogP contribution in [0.4, 0.5) is 5.69 Å². The van der Waals surface area contributed by atoms with Gasteiger partial charge in [-0.3, -0.25) is 15.4 Å². The third kappa shape index (κ3) is 4.93. The van der Waals surface area contributed by atoms with Crippen molar-refractivity contribution in [3.63, 3.8) is 0 Å². The van der Waals surface area contributed by atoms with Gasteiger partial charge in [0.05, 0.1) is 12.8 Å². The van der Waals surface area contributed by atoms with E-state index in [9.17, 15) is 0 Å². The fraction of sp³-hybridized carbons (Fsp3) is 0.273. The van der Waals surface area contributed by atoms with Crippen molar-refractivity contribution in [1.29, 1.82) is 0 Å². The van der Waals surface area contributed by atoms with Crippen LogP contribution in [0, 0.1) is 0 Å². The topological polar surface area (TPSA) is 33.3 Å². The van der Waals surface area contributed by atoms with Crippen molar-refractivity contribution in [3.05, 3.63) is 42.5 Å². The lowest BCUT2D eigenvalue weighted by Gasteiger charge is -2.05. The van der Waals surface area contributed by atoms with Crippen molar-refractivity contribution in [2.24, 2.45) is 0 Å². The molecule has 3 nitrogen and oxygen atoms in total. The summed E-state index contributed by atoms with van der Waals surface area (Å²) in [5.74, 6) is 0. The van der Waals surface area contributed by atoms with Crippen molar-refractivity contribution >= 4 is 14.4 Å². The highest BCUT2D eigenvalue weighted by Gasteiger charge is 1.93. The Morgan fingerprint density at radius 2 is 2.13 bits per heavy atom. The van der Waals surface area contributed by atoms with E-state index in [0.29, 0.717) is 0 Å². The summed E-state index contributed by atoms with van der Waals surface area (Å²) >= 11 is 0. The molecule has 0 spiro atoms. The van der Waals surface area contributed by atoms with Crippen LogP contribution < -0.4 is 10.6 Å². The fourth-order valence-electron chi connectivity index (χ4n) is 1.12. The second-order valence-electron chi connectivity index (χ2n) is 3.03. The molecular formula is C11H17N2OP. The van der Waals surface area contributed by atoms with E-state index in [0.717, 1.165) is 27.1 Å². The van der Waals surface area contributed by atoms with E-state index in [-0.39, 0.29) is 0 Å². The predicted molar refractivity (Wildman–Crippen MR) is 67.3 cm³/mol. The van der Waals surface area contributed by atoms with Crippen molar-refractivity contribution in [1.82, 2.24) is 5.09 Å². The summed E-state index contributed by atoms with van der Waals surface area (Å²) < 4.78 is 0. The number of anilines is 1. The Hall–Kier alpha value is -0.890. The lowest BCUT2D eigenvalue weighted by atomic mass is 10.2. The first-order valence-electron chi connectivity index (χ1n) is 4.81. The summed E-state index contributed by atoms with van der Waals surface area (Å²) in [4.78, 5) is 4.81. The molecule has 0 aromatic heterocycles. The van der Waals surface area contributed by atoms with Gasteiger partial charge in [0, 0.05) is 12.7 Å². The molecule has 0 aliphatic rings. The first-order valence-corrected chi connectivity index (χ1v) is 6.02. The van der Waals surface area contributed by atoms with Crippen LogP contribution in [0.15, 0.2) is 36.9 Å². The Morgan fingerprint density at radius 1 is 1.40 bits per heavy atom. The molecule has 15 heavy (non-hydrogen) atoms.